The second kappa shape index (κ2) is 10.1. The first-order valence-corrected chi connectivity index (χ1v) is 12.1. The Morgan fingerprint density at radius 1 is 1.11 bits per heavy atom. The lowest BCUT2D eigenvalue weighted by Gasteiger charge is -2.20. The van der Waals surface area contributed by atoms with Gasteiger partial charge in [-0.1, -0.05) is 66.2 Å². The van der Waals surface area contributed by atoms with Crippen molar-refractivity contribution in [1.82, 2.24) is 9.78 Å². The van der Waals surface area contributed by atoms with Crippen molar-refractivity contribution >= 4 is 29.5 Å². The molecule has 0 bridgehead atoms. The predicted octanol–water partition coefficient (Wildman–Crippen LogP) is 7.22. The molecule has 1 aliphatic carbocycles. The van der Waals surface area contributed by atoms with Crippen LogP contribution in [0.4, 0.5) is 15.0 Å². The van der Waals surface area contributed by atoms with Crippen LogP contribution in [0.25, 0.3) is 16.8 Å². The molecule has 1 fully saturated rings. The van der Waals surface area contributed by atoms with Gasteiger partial charge in [0, 0.05) is 10.6 Å². The van der Waals surface area contributed by atoms with E-state index in [0.29, 0.717) is 10.6 Å². The SMILES string of the molecule is C[C@@H](OC(=O)Nc1c(F)cnn1-c1c(C(=O)O)ccc(-c2ccccc2)c1C1CC1)c1ccccc1Cl. The van der Waals surface area contributed by atoms with E-state index < -0.39 is 24.0 Å². The first kappa shape index (κ1) is 24.5. The lowest BCUT2D eigenvalue weighted by molar-refractivity contribution is 0.0696. The molecular formula is C28H23ClFN3O4. The Labute approximate surface area is 217 Å². The van der Waals surface area contributed by atoms with Gasteiger partial charge in [0.1, 0.15) is 6.10 Å². The number of halogens is 2. The number of carbonyl (C=O) groups is 2. The predicted molar refractivity (Wildman–Crippen MR) is 138 cm³/mol. The molecule has 2 N–H and O–H groups in total. The molecule has 1 aromatic heterocycles. The van der Waals surface area contributed by atoms with Gasteiger partial charge in [-0.2, -0.15) is 5.10 Å². The number of carbonyl (C=O) groups excluding carboxylic acids is 1. The van der Waals surface area contributed by atoms with Crippen molar-refractivity contribution in [2.75, 3.05) is 5.32 Å². The highest BCUT2D eigenvalue weighted by Crippen LogP contribution is 2.48. The third-order valence-corrected chi connectivity index (χ3v) is 6.65. The van der Waals surface area contributed by atoms with Crippen LogP contribution in [0.5, 0.6) is 0 Å². The number of carboxylic acids is 1. The molecule has 1 atom stereocenters. The molecule has 1 saturated carbocycles. The van der Waals surface area contributed by atoms with Gasteiger partial charge in [-0.15, -0.1) is 0 Å². The van der Waals surface area contributed by atoms with Crippen LogP contribution < -0.4 is 5.32 Å². The van der Waals surface area contributed by atoms with Crippen molar-refractivity contribution in [2.24, 2.45) is 0 Å². The van der Waals surface area contributed by atoms with Gasteiger partial charge in [0.2, 0.25) is 0 Å². The van der Waals surface area contributed by atoms with Crippen LogP contribution in [0.3, 0.4) is 0 Å². The summed E-state index contributed by atoms with van der Waals surface area (Å²) < 4.78 is 21.5. The number of ether oxygens (including phenoxy) is 1. The van der Waals surface area contributed by atoms with Gasteiger partial charge in [0.25, 0.3) is 0 Å². The smallest absolute Gasteiger partial charge is 0.413 e. The normalized spacial score (nSPS) is 13.7. The minimum absolute atomic E-state index is 0.0504. The quantitative estimate of drug-likeness (QED) is 0.269. The zero-order valence-electron chi connectivity index (χ0n) is 19.8. The number of anilines is 1. The standard InChI is InChI=1S/C28H23ClFN3O4/c1-16(19-9-5-6-10-22(19)29)37-28(36)32-26-23(30)15-31-33(26)25-21(27(34)35)14-13-20(24(25)18-11-12-18)17-7-3-2-4-8-17/h2-10,13-16,18H,11-12H2,1H3,(H,32,36)(H,34,35)/t16-/m1/s1. The summed E-state index contributed by atoms with van der Waals surface area (Å²) in [5.41, 5.74) is 3.24. The molecule has 37 heavy (non-hydrogen) atoms. The number of aromatic carboxylic acids is 1. The molecule has 7 nitrogen and oxygen atoms in total. The summed E-state index contributed by atoms with van der Waals surface area (Å²) in [6.45, 7) is 1.64. The molecule has 4 aromatic rings. The average molecular weight is 520 g/mol. The molecule has 0 spiro atoms. The maximum Gasteiger partial charge on any atom is 0.413 e. The van der Waals surface area contributed by atoms with Crippen LogP contribution in [-0.2, 0) is 4.74 Å². The van der Waals surface area contributed by atoms with Crippen LogP contribution >= 0.6 is 11.6 Å². The molecule has 0 saturated heterocycles. The van der Waals surface area contributed by atoms with Crippen molar-refractivity contribution in [3.8, 4) is 16.8 Å². The number of nitrogens with zero attached hydrogens (tertiary/aromatic N) is 2. The number of nitrogens with one attached hydrogen (secondary N) is 1. The highest BCUT2D eigenvalue weighted by molar-refractivity contribution is 6.31. The molecular weight excluding hydrogens is 497 g/mol. The zero-order chi connectivity index (χ0) is 26.1. The summed E-state index contributed by atoms with van der Waals surface area (Å²) in [4.78, 5) is 25.0. The molecule has 3 aromatic carbocycles. The third kappa shape index (κ3) is 4.93. The fraction of sp³-hybridized carbons (Fsp3) is 0.179. The number of carboxylic acid groups (broad SMARTS) is 1. The van der Waals surface area contributed by atoms with E-state index >= 15 is 0 Å². The maximum absolute atomic E-state index is 15.0. The van der Waals surface area contributed by atoms with E-state index in [1.807, 2.05) is 30.3 Å². The first-order chi connectivity index (χ1) is 17.8. The fourth-order valence-corrected chi connectivity index (χ4v) is 4.72. The Morgan fingerprint density at radius 2 is 1.81 bits per heavy atom. The molecule has 0 radical (unpaired) electrons. The van der Waals surface area contributed by atoms with Crippen LogP contribution in [0.15, 0.2) is 72.9 Å². The lowest BCUT2D eigenvalue weighted by atomic mass is 9.92. The van der Waals surface area contributed by atoms with E-state index in [0.717, 1.165) is 40.4 Å². The number of hydrogen-bond acceptors (Lipinski definition) is 4. The molecule has 9 heteroatoms. The maximum atomic E-state index is 15.0. The van der Waals surface area contributed by atoms with Crippen molar-refractivity contribution in [3.63, 3.8) is 0 Å². The van der Waals surface area contributed by atoms with Gasteiger partial charge >= 0.3 is 12.1 Å². The van der Waals surface area contributed by atoms with Crippen LogP contribution in [0, 0.1) is 5.82 Å². The van der Waals surface area contributed by atoms with Crippen LogP contribution in [-0.4, -0.2) is 26.9 Å². The molecule has 0 aliphatic heterocycles. The molecule has 5 rings (SSSR count). The number of amides is 1. The summed E-state index contributed by atoms with van der Waals surface area (Å²) in [5.74, 6) is -2.25. The minimum Gasteiger partial charge on any atom is -0.478 e. The molecule has 1 aliphatic rings. The number of hydrogen-bond donors (Lipinski definition) is 2. The van der Waals surface area contributed by atoms with E-state index in [1.54, 1.807) is 37.3 Å². The van der Waals surface area contributed by atoms with Gasteiger partial charge in [-0.05, 0) is 54.5 Å². The van der Waals surface area contributed by atoms with Crippen molar-refractivity contribution in [1.29, 1.82) is 0 Å². The average Bonchev–Trinajstić information content (AvgIpc) is 3.67. The Kier molecular flexibility index (Phi) is 6.67. The molecule has 0 unspecified atom stereocenters. The first-order valence-electron chi connectivity index (χ1n) is 11.8. The van der Waals surface area contributed by atoms with Gasteiger partial charge in [-0.25, -0.2) is 18.7 Å². The largest absolute Gasteiger partial charge is 0.478 e. The Bertz CT molecular complexity index is 1480. The monoisotopic (exact) mass is 519 g/mol. The summed E-state index contributed by atoms with van der Waals surface area (Å²) in [6, 6.07) is 19.7. The Balaban J connectivity index is 1.56. The third-order valence-electron chi connectivity index (χ3n) is 6.30. The van der Waals surface area contributed by atoms with Crippen molar-refractivity contribution in [2.45, 2.75) is 31.8 Å². The van der Waals surface area contributed by atoms with Crippen LogP contribution in [0.1, 0.15) is 53.3 Å². The Morgan fingerprint density at radius 3 is 2.49 bits per heavy atom. The fourth-order valence-electron chi connectivity index (χ4n) is 4.43. The van der Waals surface area contributed by atoms with E-state index in [1.165, 1.54) is 6.07 Å². The topological polar surface area (TPSA) is 93.5 Å². The van der Waals surface area contributed by atoms with Gasteiger partial charge < -0.3 is 9.84 Å². The molecule has 1 heterocycles. The van der Waals surface area contributed by atoms with E-state index in [4.69, 9.17) is 16.3 Å². The zero-order valence-corrected chi connectivity index (χ0v) is 20.6. The number of aromatic nitrogens is 2. The lowest BCUT2D eigenvalue weighted by Crippen LogP contribution is -2.20. The molecule has 188 valence electrons. The van der Waals surface area contributed by atoms with E-state index in [2.05, 4.69) is 10.4 Å². The van der Waals surface area contributed by atoms with Gasteiger partial charge in [0.15, 0.2) is 11.6 Å². The van der Waals surface area contributed by atoms with E-state index in [9.17, 15) is 19.1 Å². The number of benzene rings is 3. The summed E-state index contributed by atoms with van der Waals surface area (Å²) in [5, 5.41) is 17.0. The van der Waals surface area contributed by atoms with E-state index in [-0.39, 0.29) is 23.0 Å². The summed E-state index contributed by atoms with van der Waals surface area (Å²) >= 11 is 6.20. The summed E-state index contributed by atoms with van der Waals surface area (Å²) in [7, 11) is 0. The second-order valence-corrected chi connectivity index (χ2v) is 9.22. The van der Waals surface area contributed by atoms with Gasteiger partial charge in [0.05, 0.1) is 17.4 Å². The summed E-state index contributed by atoms with van der Waals surface area (Å²) in [6.07, 6.45) is 1.01. The van der Waals surface area contributed by atoms with Crippen molar-refractivity contribution < 1.29 is 23.8 Å². The number of rotatable bonds is 7. The van der Waals surface area contributed by atoms with Crippen LogP contribution in [0.2, 0.25) is 5.02 Å². The second-order valence-electron chi connectivity index (χ2n) is 8.82. The highest BCUT2D eigenvalue weighted by Gasteiger charge is 2.34. The van der Waals surface area contributed by atoms with Gasteiger partial charge in [-0.3, -0.25) is 5.32 Å². The minimum atomic E-state index is -1.19. The van der Waals surface area contributed by atoms with Crippen molar-refractivity contribution in [3.05, 3.63) is 100 Å². The highest BCUT2D eigenvalue weighted by atomic mass is 35.5. The molecule has 1 amide bonds. The Hall–Kier alpha value is -4.17.